The van der Waals surface area contributed by atoms with Crippen LogP contribution in [0.4, 0.5) is 4.48 Å². The van der Waals surface area contributed by atoms with Gasteiger partial charge in [-0.25, -0.2) is 0 Å². The number of rotatable bonds is 2. The van der Waals surface area contributed by atoms with Crippen molar-refractivity contribution in [2.75, 3.05) is 0 Å². The van der Waals surface area contributed by atoms with Gasteiger partial charge in [0.15, 0.2) is 0 Å². The Kier molecular flexibility index (Phi) is 4.12. The zero-order chi connectivity index (χ0) is 15.6. The third kappa shape index (κ3) is 3.30. The highest BCUT2D eigenvalue weighted by atomic mass is 19.2. The van der Waals surface area contributed by atoms with Crippen LogP contribution in [0.2, 0.25) is 0 Å². The molecular weight excluding hydrogens is 265 g/mol. The van der Waals surface area contributed by atoms with Crippen molar-refractivity contribution < 1.29 is 9.28 Å². The summed E-state index contributed by atoms with van der Waals surface area (Å²) in [6, 6.07) is 15.3. The van der Waals surface area contributed by atoms with E-state index >= 15 is 0 Å². The molecule has 110 valence electrons. The molecule has 0 atom stereocenters. The second-order valence-corrected chi connectivity index (χ2v) is 6.15. The van der Waals surface area contributed by atoms with Gasteiger partial charge in [-0.05, 0) is 50.5 Å². The molecule has 0 saturated heterocycles. The van der Waals surface area contributed by atoms with Crippen molar-refractivity contribution in [3.8, 4) is 11.1 Å². The first-order chi connectivity index (χ1) is 9.80. The van der Waals surface area contributed by atoms with E-state index in [1.165, 1.54) is 0 Å². The first-order valence-electron chi connectivity index (χ1n) is 6.97. The Balaban J connectivity index is 2.43. The first kappa shape index (κ1) is 15.2. The molecule has 1 amide bonds. The fourth-order valence-electron chi connectivity index (χ4n) is 2.07. The lowest BCUT2D eigenvalue weighted by atomic mass is 9.98. The highest BCUT2D eigenvalue weighted by Crippen LogP contribution is 2.25. The minimum Gasteiger partial charge on any atom is -0.266 e. The van der Waals surface area contributed by atoms with Crippen LogP contribution in [-0.2, 0) is 0 Å². The molecule has 0 bridgehead atoms. The first-order valence-corrected chi connectivity index (χ1v) is 6.97. The van der Waals surface area contributed by atoms with Gasteiger partial charge in [0.25, 0.3) is 5.91 Å². The van der Waals surface area contributed by atoms with Gasteiger partial charge in [-0.2, -0.15) is 5.12 Å². The fourth-order valence-corrected chi connectivity index (χ4v) is 2.07. The average molecular weight is 285 g/mol. The topological polar surface area (TPSA) is 20.3 Å². The molecule has 2 nitrogen and oxygen atoms in total. The molecule has 2 aromatic carbocycles. The summed E-state index contributed by atoms with van der Waals surface area (Å²) in [5.41, 5.74) is 2.23. The summed E-state index contributed by atoms with van der Waals surface area (Å²) < 4.78 is 14.2. The van der Waals surface area contributed by atoms with Crippen molar-refractivity contribution in [2.24, 2.45) is 0 Å². The van der Waals surface area contributed by atoms with Gasteiger partial charge in [-0.1, -0.05) is 46.9 Å². The Morgan fingerprint density at radius 2 is 1.62 bits per heavy atom. The Morgan fingerprint density at radius 1 is 1.00 bits per heavy atom. The molecule has 2 rings (SSSR count). The maximum Gasteiger partial charge on any atom is 0.282 e. The zero-order valence-electron chi connectivity index (χ0n) is 12.9. The summed E-state index contributed by atoms with van der Waals surface area (Å²) in [5.74, 6) is -0.599. The number of carbonyl (C=O) groups excluding carboxylic acids is 1. The summed E-state index contributed by atoms with van der Waals surface area (Å²) in [6.07, 6.45) is 0. The van der Waals surface area contributed by atoms with Crippen molar-refractivity contribution >= 4 is 5.91 Å². The molecule has 0 aliphatic carbocycles. The molecule has 0 aromatic heterocycles. The smallest absolute Gasteiger partial charge is 0.266 e. The minimum atomic E-state index is -0.855. The van der Waals surface area contributed by atoms with Crippen LogP contribution in [-0.4, -0.2) is 16.6 Å². The Bertz CT molecular complexity index is 644. The van der Waals surface area contributed by atoms with Gasteiger partial charge < -0.3 is 0 Å². The van der Waals surface area contributed by atoms with E-state index in [0.29, 0.717) is 10.7 Å². The Labute approximate surface area is 125 Å². The molecule has 0 saturated carbocycles. The maximum absolute atomic E-state index is 14.2. The van der Waals surface area contributed by atoms with Gasteiger partial charge in [0.05, 0.1) is 5.54 Å². The van der Waals surface area contributed by atoms with Crippen LogP contribution in [0.1, 0.15) is 36.7 Å². The van der Waals surface area contributed by atoms with E-state index in [-0.39, 0.29) is 0 Å². The van der Waals surface area contributed by atoms with Crippen LogP contribution in [0.3, 0.4) is 0 Å². The molecule has 0 unspecified atom stereocenters. The van der Waals surface area contributed by atoms with Gasteiger partial charge in [0.2, 0.25) is 0 Å². The number of benzene rings is 2. The Hall–Kier alpha value is -2.16. The van der Waals surface area contributed by atoms with Gasteiger partial charge in [0.1, 0.15) is 0 Å². The van der Waals surface area contributed by atoms with Gasteiger partial charge in [-0.3, -0.25) is 4.79 Å². The van der Waals surface area contributed by atoms with Gasteiger partial charge in [-0.15, -0.1) is 0 Å². The van der Waals surface area contributed by atoms with Crippen molar-refractivity contribution in [3.05, 3.63) is 59.7 Å². The number of hydrogen-bond donors (Lipinski definition) is 0. The lowest BCUT2D eigenvalue weighted by molar-refractivity contribution is -0.0322. The summed E-state index contributed by atoms with van der Waals surface area (Å²) in [7, 11) is 0. The fraction of sp³-hybridized carbons (Fsp3) is 0.278. The van der Waals surface area contributed by atoms with E-state index in [4.69, 9.17) is 0 Å². The predicted octanol–water partition coefficient (Wildman–Crippen LogP) is 4.79. The number of hydrogen-bond acceptors (Lipinski definition) is 1. The molecular formula is C18H20FNO. The standard InChI is InChI=1S/C18H20FNO/c1-13-10-11-15(14-8-6-5-7-9-14)12-16(13)17(21)20(19)18(2,3)4/h5-12H,1-4H3. The predicted molar refractivity (Wildman–Crippen MR) is 83.6 cm³/mol. The van der Waals surface area contributed by atoms with Crippen molar-refractivity contribution in [2.45, 2.75) is 33.2 Å². The number of halogens is 1. The molecule has 0 fully saturated rings. The van der Waals surface area contributed by atoms with E-state index in [2.05, 4.69) is 0 Å². The monoisotopic (exact) mass is 285 g/mol. The van der Waals surface area contributed by atoms with Crippen LogP contribution >= 0.6 is 0 Å². The minimum absolute atomic E-state index is 0.296. The molecule has 2 aromatic rings. The normalized spacial score (nSPS) is 11.3. The van der Waals surface area contributed by atoms with Crippen molar-refractivity contribution in [1.29, 1.82) is 0 Å². The van der Waals surface area contributed by atoms with Crippen molar-refractivity contribution in [3.63, 3.8) is 0 Å². The molecule has 0 heterocycles. The quantitative estimate of drug-likeness (QED) is 0.727. The number of carbonyl (C=O) groups is 1. The zero-order valence-corrected chi connectivity index (χ0v) is 12.9. The summed E-state index contributed by atoms with van der Waals surface area (Å²) in [5, 5.41) is 0.296. The Morgan fingerprint density at radius 3 is 2.19 bits per heavy atom. The van der Waals surface area contributed by atoms with Crippen LogP contribution in [0.15, 0.2) is 48.5 Å². The third-order valence-electron chi connectivity index (χ3n) is 3.34. The highest BCUT2D eigenvalue weighted by molar-refractivity contribution is 5.96. The lowest BCUT2D eigenvalue weighted by Crippen LogP contribution is -2.39. The summed E-state index contributed by atoms with van der Waals surface area (Å²) in [4.78, 5) is 12.3. The van der Waals surface area contributed by atoms with Crippen LogP contribution in [0.25, 0.3) is 11.1 Å². The second-order valence-electron chi connectivity index (χ2n) is 6.15. The van der Waals surface area contributed by atoms with E-state index in [1.54, 1.807) is 26.8 Å². The lowest BCUT2D eigenvalue weighted by Gasteiger charge is -2.27. The summed E-state index contributed by atoms with van der Waals surface area (Å²) in [6.45, 7) is 6.82. The number of amides is 1. The third-order valence-corrected chi connectivity index (χ3v) is 3.34. The van der Waals surface area contributed by atoms with Gasteiger partial charge in [0, 0.05) is 5.56 Å². The second kappa shape index (κ2) is 5.68. The summed E-state index contributed by atoms with van der Waals surface area (Å²) >= 11 is 0. The molecule has 0 aliphatic rings. The molecule has 3 heteroatoms. The van der Waals surface area contributed by atoms with Crippen LogP contribution < -0.4 is 0 Å². The number of aryl methyl sites for hydroxylation is 1. The van der Waals surface area contributed by atoms with E-state index < -0.39 is 11.4 Å². The highest BCUT2D eigenvalue weighted by Gasteiger charge is 2.28. The molecule has 0 N–H and O–H groups in total. The number of nitrogens with zero attached hydrogens (tertiary/aromatic N) is 1. The maximum atomic E-state index is 14.2. The van der Waals surface area contributed by atoms with E-state index in [9.17, 15) is 9.28 Å². The van der Waals surface area contributed by atoms with E-state index in [0.717, 1.165) is 16.7 Å². The molecule has 0 aliphatic heterocycles. The molecule has 0 radical (unpaired) electrons. The average Bonchev–Trinajstić information content (AvgIpc) is 2.46. The SMILES string of the molecule is Cc1ccc(-c2ccccc2)cc1C(=O)N(F)C(C)(C)C. The van der Waals surface area contributed by atoms with Gasteiger partial charge >= 0.3 is 0 Å². The molecule has 0 spiro atoms. The molecule has 21 heavy (non-hydrogen) atoms. The van der Waals surface area contributed by atoms with E-state index in [1.807, 2.05) is 49.4 Å². The van der Waals surface area contributed by atoms with Crippen LogP contribution in [0.5, 0.6) is 0 Å². The van der Waals surface area contributed by atoms with Crippen molar-refractivity contribution in [1.82, 2.24) is 5.12 Å². The largest absolute Gasteiger partial charge is 0.282 e. The van der Waals surface area contributed by atoms with Crippen LogP contribution in [0, 0.1) is 6.92 Å².